The van der Waals surface area contributed by atoms with Crippen LogP contribution in [-0.2, 0) is 27.2 Å². The Morgan fingerprint density at radius 1 is 0.778 bits per heavy atom. The van der Waals surface area contributed by atoms with Crippen molar-refractivity contribution in [3.63, 3.8) is 0 Å². The predicted octanol–water partition coefficient (Wildman–Crippen LogP) is 3.54. The van der Waals surface area contributed by atoms with Crippen molar-refractivity contribution in [3.05, 3.63) is 72.1 Å². The number of rotatable bonds is 10. The average molecular weight is 488 g/mol. The number of benzene rings is 2. The lowest BCUT2D eigenvalue weighted by Crippen LogP contribution is -2.55. The molecular formula is C28H33N5O3. The maximum absolute atomic E-state index is 13.5. The molecule has 8 heteroatoms. The van der Waals surface area contributed by atoms with Crippen LogP contribution < -0.4 is 16.0 Å². The van der Waals surface area contributed by atoms with Crippen LogP contribution in [0.15, 0.2) is 60.9 Å². The van der Waals surface area contributed by atoms with Crippen LogP contribution in [0, 0.1) is 5.92 Å². The Hall–Kier alpha value is -4.07. The van der Waals surface area contributed by atoms with E-state index in [1.807, 2.05) is 74.8 Å². The summed E-state index contributed by atoms with van der Waals surface area (Å²) in [6, 6.07) is 14.9. The predicted molar refractivity (Wildman–Crippen MR) is 141 cm³/mol. The summed E-state index contributed by atoms with van der Waals surface area (Å²) >= 11 is 0. The van der Waals surface area contributed by atoms with Crippen molar-refractivity contribution in [1.29, 1.82) is 0 Å². The van der Waals surface area contributed by atoms with Gasteiger partial charge in [-0.25, -0.2) is 0 Å². The SMILES string of the molecule is CC(=O)N[C@@H](Cc1c[nH]c2ccccc12)NC(=O)[C@@H](Cc1c[nH]c2ccccc12)NC(=O)CC(C)C. The highest BCUT2D eigenvalue weighted by molar-refractivity contribution is 5.90. The van der Waals surface area contributed by atoms with Crippen molar-refractivity contribution >= 4 is 39.5 Å². The fourth-order valence-corrected chi connectivity index (χ4v) is 4.53. The molecule has 0 fully saturated rings. The van der Waals surface area contributed by atoms with Crippen LogP contribution in [0.4, 0.5) is 0 Å². The van der Waals surface area contributed by atoms with Crippen molar-refractivity contribution in [2.75, 3.05) is 0 Å². The zero-order valence-electron chi connectivity index (χ0n) is 20.9. The molecule has 188 valence electrons. The maximum atomic E-state index is 13.5. The summed E-state index contributed by atoms with van der Waals surface area (Å²) in [5.41, 5.74) is 3.86. The molecule has 36 heavy (non-hydrogen) atoms. The van der Waals surface area contributed by atoms with Crippen molar-refractivity contribution in [1.82, 2.24) is 25.9 Å². The van der Waals surface area contributed by atoms with Gasteiger partial charge in [0, 0.05) is 60.4 Å². The minimum Gasteiger partial charge on any atom is -0.361 e. The first-order valence-corrected chi connectivity index (χ1v) is 12.3. The number of aromatic nitrogens is 2. The number of aromatic amines is 2. The minimum atomic E-state index is -0.797. The molecule has 2 heterocycles. The van der Waals surface area contributed by atoms with E-state index in [1.165, 1.54) is 6.92 Å². The van der Waals surface area contributed by atoms with Gasteiger partial charge in [0.05, 0.1) is 0 Å². The highest BCUT2D eigenvalue weighted by atomic mass is 16.2. The third kappa shape index (κ3) is 6.13. The van der Waals surface area contributed by atoms with Crippen LogP contribution in [0.25, 0.3) is 21.8 Å². The second-order valence-electron chi connectivity index (χ2n) is 9.61. The van der Waals surface area contributed by atoms with Crippen molar-refractivity contribution < 1.29 is 14.4 Å². The molecule has 0 aliphatic carbocycles. The summed E-state index contributed by atoms with van der Waals surface area (Å²) in [4.78, 5) is 44.6. The van der Waals surface area contributed by atoms with Gasteiger partial charge >= 0.3 is 0 Å². The van der Waals surface area contributed by atoms with Gasteiger partial charge in [-0.1, -0.05) is 50.2 Å². The van der Waals surface area contributed by atoms with Gasteiger partial charge in [0.1, 0.15) is 12.2 Å². The molecule has 0 unspecified atom stereocenters. The number of fused-ring (bicyclic) bond motifs is 2. The average Bonchev–Trinajstić information content (AvgIpc) is 3.42. The minimum absolute atomic E-state index is 0.163. The first-order valence-electron chi connectivity index (χ1n) is 12.3. The van der Waals surface area contributed by atoms with E-state index >= 15 is 0 Å². The molecule has 5 N–H and O–H groups in total. The first kappa shape index (κ1) is 25.0. The molecule has 2 aromatic carbocycles. The van der Waals surface area contributed by atoms with Gasteiger partial charge in [-0.15, -0.1) is 0 Å². The maximum Gasteiger partial charge on any atom is 0.244 e. The van der Waals surface area contributed by atoms with Gasteiger partial charge in [-0.3, -0.25) is 14.4 Å². The molecule has 2 atom stereocenters. The highest BCUT2D eigenvalue weighted by Crippen LogP contribution is 2.21. The van der Waals surface area contributed by atoms with Crippen LogP contribution >= 0.6 is 0 Å². The summed E-state index contributed by atoms with van der Waals surface area (Å²) in [6.07, 6.45) is 4.16. The molecule has 3 amide bonds. The van der Waals surface area contributed by atoms with E-state index in [4.69, 9.17) is 0 Å². The quantitative estimate of drug-likeness (QED) is 0.220. The van der Waals surface area contributed by atoms with Gasteiger partial charge in [0.15, 0.2) is 0 Å². The third-order valence-corrected chi connectivity index (χ3v) is 6.14. The summed E-state index contributed by atoms with van der Waals surface area (Å²) in [7, 11) is 0. The molecular weight excluding hydrogens is 454 g/mol. The van der Waals surface area contributed by atoms with Gasteiger partial charge in [-0.2, -0.15) is 0 Å². The molecule has 0 spiro atoms. The zero-order valence-corrected chi connectivity index (χ0v) is 20.9. The van der Waals surface area contributed by atoms with Crippen molar-refractivity contribution in [3.8, 4) is 0 Å². The fraction of sp³-hybridized carbons (Fsp3) is 0.321. The normalized spacial score (nSPS) is 13.0. The number of hydrogen-bond donors (Lipinski definition) is 5. The Morgan fingerprint density at radius 2 is 1.33 bits per heavy atom. The van der Waals surface area contributed by atoms with Gasteiger partial charge < -0.3 is 25.9 Å². The molecule has 0 aliphatic rings. The Balaban J connectivity index is 1.56. The number of hydrogen-bond acceptors (Lipinski definition) is 3. The molecule has 0 bridgehead atoms. The molecule has 0 saturated heterocycles. The van der Waals surface area contributed by atoms with Gasteiger partial charge in [0.2, 0.25) is 17.7 Å². The van der Waals surface area contributed by atoms with Gasteiger partial charge in [-0.05, 0) is 29.2 Å². The van der Waals surface area contributed by atoms with Crippen LogP contribution in [0.5, 0.6) is 0 Å². The molecule has 0 saturated carbocycles. The van der Waals surface area contributed by atoms with Crippen LogP contribution in [-0.4, -0.2) is 39.9 Å². The van der Waals surface area contributed by atoms with E-state index in [0.717, 1.165) is 32.9 Å². The smallest absolute Gasteiger partial charge is 0.244 e. The Kier molecular flexibility index (Phi) is 7.73. The molecule has 2 aromatic heterocycles. The summed E-state index contributed by atoms with van der Waals surface area (Å²) in [5.74, 6) is -0.623. The fourth-order valence-electron chi connectivity index (χ4n) is 4.53. The lowest BCUT2D eigenvalue weighted by molar-refractivity contribution is -0.130. The van der Waals surface area contributed by atoms with Crippen molar-refractivity contribution in [2.45, 2.75) is 52.2 Å². The Labute approximate surface area is 210 Å². The number of carbonyl (C=O) groups is 3. The first-order chi connectivity index (χ1) is 17.3. The molecule has 4 rings (SSSR count). The number of nitrogens with one attached hydrogen (secondary N) is 5. The van der Waals surface area contributed by atoms with Crippen LogP contribution in [0.2, 0.25) is 0 Å². The van der Waals surface area contributed by atoms with Gasteiger partial charge in [0.25, 0.3) is 0 Å². The molecule has 0 radical (unpaired) electrons. The topological polar surface area (TPSA) is 119 Å². The number of H-pyrrole nitrogens is 2. The largest absolute Gasteiger partial charge is 0.361 e. The highest BCUT2D eigenvalue weighted by Gasteiger charge is 2.26. The summed E-state index contributed by atoms with van der Waals surface area (Å²) < 4.78 is 0. The van der Waals surface area contributed by atoms with E-state index in [1.54, 1.807) is 0 Å². The molecule has 4 aromatic rings. The monoisotopic (exact) mass is 487 g/mol. The molecule has 8 nitrogen and oxygen atoms in total. The Bertz CT molecular complexity index is 1370. The standard InChI is InChI=1S/C28H33N5O3/c1-17(2)12-27(35)32-25(13-19-15-29-23-10-6-4-8-21(19)23)28(36)33-26(31-18(3)34)14-20-16-30-24-11-7-5-9-22(20)24/h4-11,15-17,25-26,29-30H,12-14H2,1-3H3,(H,31,34)(H,32,35)(H,33,36)/t25-,26-/m1/s1. The van der Waals surface area contributed by atoms with E-state index in [0.29, 0.717) is 19.3 Å². The third-order valence-electron chi connectivity index (χ3n) is 6.14. The van der Waals surface area contributed by atoms with Crippen molar-refractivity contribution in [2.24, 2.45) is 5.92 Å². The second-order valence-corrected chi connectivity index (χ2v) is 9.61. The molecule has 0 aliphatic heterocycles. The number of carbonyl (C=O) groups excluding carboxylic acids is 3. The second kappa shape index (κ2) is 11.1. The van der Waals surface area contributed by atoms with Crippen LogP contribution in [0.1, 0.15) is 38.3 Å². The van der Waals surface area contributed by atoms with E-state index in [2.05, 4.69) is 25.9 Å². The van der Waals surface area contributed by atoms with Crippen LogP contribution in [0.3, 0.4) is 0 Å². The van der Waals surface area contributed by atoms with E-state index in [9.17, 15) is 14.4 Å². The number of amides is 3. The zero-order chi connectivity index (χ0) is 25.7. The Morgan fingerprint density at radius 3 is 1.89 bits per heavy atom. The lowest BCUT2D eigenvalue weighted by atomic mass is 10.0. The lowest BCUT2D eigenvalue weighted by Gasteiger charge is -2.24. The number of para-hydroxylation sites is 2. The van der Waals surface area contributed by atoms with E-state index < -0.39 is 12.2 Å². The summed E-state index contributed by atoms with van der Waals surface area (Å²) in [6.45, 7) is 5.34. The summed E-state index contributed by atoms with van der Waals surface area (Å²) in [5, 5.41) is 10.7. The van der Waals surface area contributed by atoms with E-state index in [-0.39, 0.29) is 23.6 Å².